The Bertz CT molecular complexity index is 722. The highest BCUT2D eigenvalue weighted by atomic mass is 16.5. The van der Waals surface area contributed by atoms with Gasteiger partial charge in [0, 0.05) is 17.3 Å². The number of benzene rings is 1. The Labute approximate surface area is 122 Å². The van der Waals surface area contributed by atoms with Crippen LogP contribution < -0.4 is 15.0 Å². The number of rotatable bonds is 5. The summed E-state index contributed by atoms with van der Waals surface area (Å²) in [5.74, 6) is 0.363. The monoisotopic (exact) mass is 288 g/mol. The van der Waals surface area contributed by atoms with Gasteiger partial charge in [0.15, 0.2) is 5.78 Å². The normalized spacial score (nSPS) is 10.2. The van der Waals surface area contributed by atoms with Crippen molar-refractivity contribution in [1.29, 1.82) is 0 Å². The second-order valence-corrected chi connectivity index (χ2v) is 4.46. The molecule has 0 saturated heterocycles. The van der Waals surface area contributed by atoms with Crippen molar-refractivity contribution >= 4 is 5.78 Å². The Kier molecular flexibility index (Phi) is 4.37. The zero-order chi connectivity index (χ0) is 15.4. The first-order valence-electron chi connectivity index (χ1n) is 6.35. The van der Waals surface area contributed by atoms with E-state index in [1.807, 2.05) is 0 Å². The standard InChI is InChI=1S/C15H16N2O4/c1-10-7-14(19)17(15(16-10)21-3)9-13(18)11-5-4-6-12(8-11)20-2/h4-8H,9H2,1-3H3. The second-order valence-electron chi connectivity index (χ2n) is 4.46. The average molecular weight is 288 g/mol. The number of hydrogen-bond donors (Lipinski definition) is 0. The molecule has 1 aromatic heterocycles. The fraction of sp³-hybridized carbons (Fsp3) is 0.267. The quantitative estimate of drug-likeness (QED) is 0.779. The Hall–Kier alpha value is -2.63. The Morgan fingerprint density at radius 2 is 2.00 bits per heavy atom. The molecule has 110 valence electrons. The van der Waals surface area contributed by atoms with Crippen LogP contribution in [-0.4, -0.2) is 29.6 Å². The molecule has 0 fully saturated rings. The predicted molar refractivity (Wildman–Crippen MR) is 77.1 cm³/mol. The summed E-state index contributed by atoms with van der Waals surface area (Å²) in [7, 11) is 2.94. The number of methoxy groups -OCH3 is 2. The average Bonchev–Trinajstić information content (AvgIpc) is 2.49. The first-order chi connectivity index (χ1) is 10.0. The summed E-state index contributed by atoms with van der Waals surface area (Å²) in [6.07, 6.45) is 0. The molecule has 0 atom stereocenters. The minimum Gasteiger partial charge on any atom is -0.497 e. The van der Waals surface area contributed by atoms with E-state index in [1.165, 1.54) is 24.9 Å². The first kappa shape index (κ1) is 14.8. The summed E-state index contributed by atoms with van der Waals surface area (Å²) in [5.41, 5.74) is 0.682. The molecule has 6 nitrogen and oxygen atoms in total. The van der Waals surface area contributed by atoms with Crippen LogP contribution in [0.3, 0.4) is 0 Å². The van der Waals surface area contributed by atoms with Crippen LogP contribution in [0.15, 0.2) is 35.1 Å². The third-order valence-electron chi connectivity index (χ3n) is 2.98. The molecule has 0 aliphatic rings. The zero-order valence-electron chi connectivity index (χ0n) is 12.1. The molecular formula is C15H16N2O4. The van der Waals surface area contributed by atoms with Gasteiger partial charge in [-0.3, -0.25) is 14.2 Å². The van der Waals surface area contributed by atoms with Crippen LogP contribution in [0.25, 0.3) is 0 Å². The van der Waals surface area contributed by atoms with Gasteiger partial charge < -0.3 is 9.47 Å². The van der Waals surface area contributed by atoms with E-state index < -0.39 is 0 Å². The van der Waals surface area contributed by atoms with Crippen LogP contribution in [0.5, 0.6) is 11.8 Å². The molecule has 0 bridgehead atoms. The number of carbonyl (C=O) groups is 1. The number of ketones is 1. The van der Waals surface area contributed by atoms with Crippen molar-refractivity contribution in [3.05, 3.63) is 51.9 Å². The zero-order valence-corrected chi connectivity index (χ0v) is 12.1. The first-order valence-corrected chi connectivity index (χ1v) is 6.35. The second kappa shape index (κ2) is 6.21. The lowest BCUT2D eigenvalue weighted by atomic mass is 10.1. The number of carbonyl (C=O) groups excluding carboxylic acids is 1. The molecule has 0 unspecified atom stereocenters. The van der Waals surface area contributed by atoms with E-state index in [9.17, 15) is 9.59 Å². The Morgan fingerprint density at radius 3 is 2.67 bits per heavy atom. The van der Waals surface area contributed by atoms with E-state index in [1.54, 1.807) is 31.2 Å². The van der Waals surface area contributed by atoms with Crippen LogP contribution in [0.4, 0.5) is 0 Å². The van der Waals surface area contributed by atoms with E-state index >= 15 is 0 Å². The van der Waals surface area contributed by atoms with Crippen molar-refractivity contribution in [2.45, 2.75) is 13.5 Å². The van der Waals surface area contributed by atoms with Gasteiger partial charge in [-0.15, -0.1) is 0 Å². The van der Waals surface area contributed by atoms with Gasteiger partial charge in [0.25, 0.3) is 11.6 Å². The molecule has 0 aliphatic carbocycles. The van der Waals surface area contributed by atoms with Gasteiger partial charge >= 0.3 is 0 Å². The third-order valence-corrected chi connectivity index (χ3v) is 2.98. The number of ether oxygens (including phenoxy) is 2. The van der Waals surface area contributed by atoms with Crippen molar-refractivity contribution in [3.63, 3.8) is 0 Å². The number of aromatic nitrogens is 2. The van der Waals surface area contributed by atoms with Crippen molar-refractivity contribution in [3.8, 4) is 11.8 Å². The molecule has 6 heteroatoms. The highest BCUT2D eigenvalue weighted by Crippen LogP contribution is 2.14. The molecule has 2 aromatic rings. The molecule has 0 aliphatic heterocycles. The molecule has 0 saturated carbocycles. The highest BCUT2D eigenvalue weighted by Gasteiger charge is 2.13. The van der Waals surface area contributed by atoms with E-state index in [2.05, 4.69) is 4.98 Å². The number of Topliss-reactive ketones (excluding diaryl/α,β-unsaturated/α-hetero) is 1. The van der Waals surface area contributed by atoms with Crippen molar-refractivity contribution in [2.24, 2.45) is 0 Å². The lowest BCUT2D eigenvalue weighted by molar-refractivity contribution is 0.0965. The van der Waals surface area contributed by atoms with E-state index in [-0.39, 0.29) is 23.9 Å². The van der Waals surface area contributed by atoms with Crippen LogP contribution in [-0.2, 0) is 6.54 Å². The number of aryl methyl sites for hydroxylation is 1. The van der Waals surface area contributed by atoms with E-state index in [0.29, 0.717) is 17.0 Å². The number of hydrogen-bond acceptors (Lipinski definition) is 5. The minimum atomic E-state index is -0.324. The highest BCUT2D eigenvalue weighted by molar-refractivity contribution is 5.96. The number of nitrogens with zero attached hydrogens (tertiary/aromatic N) is 2. The van der Waals surface area contributed by atoms with Crippen LogP contribution in [0.2, 0.25) is 0 Å². The van der Waals surface area contributed by atoms with Gasteiger partial charge in [-0.1, -0.05) is 12.1 Å². The van der Waals surface area contributed by atoms with Gasteiger partial charge in [0.1, 0.15) is 5.75 Å². The van der Waals surface area contributed by atoms with Crippen LogP contribution in [0.1, 0.15) is 16.1 Å². The van der Waals surface area contributed by atoms with Crippen LogP contribution >= 0.6 is 0 Å². The predicted octanol–water partition coefficient (Wildman–Crippen LogP) is 1.45. The molecule has 1 aromatic carbocycles. The fourth-order valence-electron chi connectivity index (χ4n) is 1.93. The molecule has 2 rings (SSSR count). The summed E-state index contributed by atoms with van der Waals surface area (Å²) in [6.45, 7) is 1.56. The van der Waals surface area contributed by atoms with Gasteiger partial charge in [-0.05, 0) is 19.1 Å². The van der Waals surface area contributed by atoms with Crippen molar-refractivity contribution < 1.29 is 14.3 Å². The maximum atomic E-state index is 12.3. The molecule has 0 amide bonds. The smallest absolute Gasteiger partial charge is 0.299 e. The lowest BCUT2D eigenvalue weighted by Crippen LogP contribution is -2.26. The van der Waals surface area contributed by atoms with Crippen molar-refractivity contribution in [2.75, 3.05) is 14.2 Å². The molecule has 0 spiro atoms. The molecule has 0 N–H and O–H groups in total. The summed E-state index contributed by atoms with van der Waals surface area (Å²) in [6, 6.07) is 8.25. The fourth-order valence-corrected chi connectivity index (χ4v) is 1.93. The summed E-state index contributed by atoms with van der Waals surface area (Å²) in [4.78, 5) is 28.4. The van der Waals surface area contributed by atoms with E-state index in [4.69, 9.17) is 9.47 Å². The molecule has 1 heterocycles. The van der Waals surface area contributed by atoms with Gasteiger partial charge in [0.2, 0.25) is 0 Å². The lowest BCUT2D eigenvalue weighted by Gasteiger charge is -2.10. The Morgan fingerprint density at radius 1 is 1.24 bits per heavy atom. The van der Waals surface area contributed by atoms with Crippen molar-refractivity contribution in [1.82, 2.24) is 9.55 Å². The van der Waals surface area contributed by atoms with Crippen LogP contribution in [0, 0.1) is 6.92 Å². The maximum Gasteiger partial charge on any atom is 0.299 e. The van der Waals surface area contributed by atoms with Gasteiger partial charge in [-0.25, -0.2) is 4.98 Å². The van der Waals surface area contributed by atoms with Gasteiger partial charge in [-0.2, -0.15) is 0 Å². The minimum absolute atomic E-state index is 0.122. The maximum absolute atomic E-state index is 12.3. The van der Waals surface area contributed by atoms with Gasteiger partial charge in [0.05, 0.1) is 20.8 Å². The largest absolute Gasteiger partial charge is 0.497 e. The SMILES string of the molecule is COc1cccc(C(=O)Cn2c(OC)nc(C)cc2=O)c1. The third kappa shape index (κ3) is 3.28. The molecule has 21 heavy (non-hydrogen) atoms. The molecular weight excluding hydrogens is 272 g/mol. The topological polar surface area (TPSA) is 70.4 Å². The Balaban J connectivity index is 2.33. The molecule has 0 radical (unpaired) electrons. The summed E-state index contributed by atoms with van der Waals surface area (Å²) < 4.78 is 11.3. The van der Waals surface area contributed by atoms with E-state index in [0.717, 1.165) is 0 Å². The summed E-state index contributed by atoms with van der Waals surface area (Å²) in [5, 5.41) is 0. The summed E-state index contributed by atoms with van der Waals surface area (Å²) >= 11 is 0.